The van der Waals surface area contributed by atoms with E-state index in [0.717, 1.165) is 0 Å². The van der Waals surface area contributed by atoms with Gasteiger partial charge in [0.15, 0.2) is 5.60 Å². The molecule has 2 bridgehead atoms. The second-order valence-corrected chi connectivity index (χ2v) is 18.0. The third-order valence-electron chi connectivity index (χ3n) is 12.9. The van der Waals surface area contributed by atoms with Crippen LogP contribution in [-0.4, -0.2) is 111 Å². The van der Waals surface area contributed by atoms with Gasteiger partial charge in [0, 0.05) is 31.6 Å². The van der Waals surface area contributed by atoms with Crippen molar-refractivity contribution in [2.24, 2.45) is 16.7 Å². The molecule has 3 fully saturated rings. The van der Waals surface area contributed by atoms with Crippen LogP contribution in [0.3, 0.4) is 0 Å². The van der Waals surface area contributed by atoms with Crippen LogP contribution in [0.5, 0.6) is 0 Å². The number of hydrogen-bond acceptors (Lipinski definition) is 13. The van der Waals surface area contributed by atoms with Gasteiger partial charge in [-0.2, -0.15) is 0 Å². The molecule has 14 nitrogen and oxygen atoms in total. The summed E-state index contributed by atoms with van der Waals surface area (Å²) < 4.78 is 30.4. The number of hydrogen-bond donors (Lipinski definition) is 5. The molecule has 3 aliphatic carbocycles. The minimum atomic E-state index is -2.20. The van der Waals surface area contributed by atoms with E-state index in [4.69, 9.17) is 23.7 Å². The Morgan fingerprint density at radius 1 is 1.00 bits per heavy atom. The molecule has 5 N–H and O–H groups in total. The first-order valence-corrected chi connectivity index (χ1v) is 19.8. The van der Waals surface area contributed by atoms with Crippen LogP contribution in [0.2, 0.25) is 0 Å². The molecule has 316 valence electrons. The molecule has 6 rings (SSSR count). The smallest absolute Gasteiger partial charge is 0.408 e. The number of aliphatic hydroxyl groups excluding tert-OH is 3. The molecule has 0 unspecified atom stereocenters. The van der Waals surface area contributed by atoms with Crippen LogP contribution in [-0.2, 0) is 33.3 Å². The van der Waals surface area contributed by atoms with Crippen molar-refractivity contribution < 1.29 is 63.3 Å². The van der Waals surface area contributed by atoms with Crippen LogP contribution in [0.1, 0.15) is 96.6 Å². The van der Waals surface area contributed by atoms with E-state index in [1.54, 1.807) is 90.1 Å². The molecule has 0 spiro atoms. The maximum absolute atomic E-state index is 14.7. The topological polar surface area (TPSA) is 207 Å². The van der Waals surface area contributed by atoms with Gasteiger partial charge in [0.25, 0.3) is 0 Å². The molecule has 0 radical (unpaired) electrons. The number of rotatable bonds is 9. The molecule has 0 aromatic heterocycles. The van der Waals surface area contributed by atoms with Crippen molar-refractivity contribution in [3.05, 3.63) is 82.9 Å². The third kappa shape index (κ3) is 7.59. The number of nitrogens with one attached hydrogen (secondary N) is 1. The Morgan fingerprint density at radius 2 is 1.62 bits per heavy atom. The molecule has 1 aliphatic heterocycles. The standard InChI is InChI=1S/C44H57NO13/c1-24-30(54-22-29(48)35(26-15-11-9-12-16-26)45-39(52)58-40(3,4)5)21-44(53)37(56-38(51)27-17-13-10-14-18-27)36-42(8,31(49)19-28(47)34(24)41(44,6)7)32(50)20-33-43(36,23-55-33)57-25(2)46/h9-18,28-30,32-33,35-37,47-48,50,53H,19-23H2,1-8H3,(H,45,52)/t28-,29-,30-,32-,33+,35-,36-,37-,42+,43-,44+/m0/s1. The first kappa shape index (κ1) is 43.4. The average molecular weight is 808 g/mol. The first-order chi connectivity index (χ1) is 27.1. The molecule has 2 saturated carbocycles. The van der Waals surface area contributed by atoms with Gasteiger partial charge >= 0.3 is 18.0 Å². The van der Waals surface area contributed by atoms with Crippen molar-refractivity contribution in [2.45, 2.75) is 134 Å². The van der Waals surface area contributed by atoms with Crippen molar-refractivity contribution in [3.8, 4) is 0 Å². The van der Waals surface area contributed by atoms with E-state index in [-0.39, 0.29) is 30.6 Å². The predicted molar refractivity (Wildman–Crippen MR) is 208 cm³/mol. The van der Waals surface area contributed by atoms with E-state index >= 15 is 0 Å². The normalized spacial score (nSPS) is 34.0. The number of aliphatic hydroxyl groups is 4. The van der Waals surface area contributed by atoms with Crippen LogP contribution in [0.4, 0.5) is 4.79 Å². The second kappa shape index (κ2) is 15.8. The molecular weight excluding hydrogens is 750 g/mol. The highest BCUT2D eigenvalue weighted by Crippen LogP contribution is 2.63. The minimum absolute atomic E-state index is 0.103. The summed E-state index contributed by atoms with van der Waals surface area (Å²) in [5.41, 5.74) is -6.50. The van der Waals surface area contributed by atoms with Crippen LogP contribution in [0, 0.1) is 16.7 Å². The van der Waals surface area contributed by atoms with E-state index in [9.17, 15) is 39.6 Å². The fourth-order valence-electron chi connectivity index (χ4n) is 9.87. The lowest BCUT2D eigenvalue weighted by Gasteiger charge is -2.65. The summed E-state index contributed by atoms with van der Waals surface area (Å²) in [6.45, 7) is 12.3. The van der Waals surface area contributed by atoms with Crippen LogP contribution < -0.4 is 5.32 Å². The highest BCUT2D eigenvalue weighted by Gasteiger charge is 2.76. The molecule has 1 saturated heterocycles. The Bertz CT molecular complexity index is 1910. The predicted octanol–water partition coefficient (Wildman–Crippen LogP) is 4.12. The molecule has 2 aromatic rings. The lowest BCUT2D eigenvalue weighted by molar-refractivity contribution is -0.343. The van der Waals surface area contributed by atoms with Gasteiger partial charge in [-0.15, -0.1) is 0 Å². The summed E-state index contributed by atoms with van der Waals surface area (Å²) in [6.07, 6.45) is -9.59. The maximum atomic E-state index is 14.7. The Balaban J connectivity index is 1.47. The van der Waals surface area contributed by atoms with Gasteiger partial charge in [0.05, 0.1) is 54.5 Å². The largest absolute Gasteiger partial charge is 0.455 e. The molecule has 1 heterocycles. The number of Topliss-reactive ketones (excluding diaryl/α,β-unsaturated/α-hetero) is 1. The van der Waals surface area contributed by atoms with Crippen LogP contribution >= 0.6 is 0 Å². The van der Waals surface area contributed by atoms with Crippen molar-refractivity contribution in [2.75, 3.05) is 13.2 Å². The fraction of sp³-hybridized carbons (Fsp3) is 0.591. The second-order valence-electron chi connectivity index (χ2n) is 18.0. The molecule has 14 heteroatoms. The monoisotopic (exact) mass is 807 g/mol. The van der Waals surface area contributed by atoms with Gasteiger partial charge in [-0.3, -0.25) is 9.59 Å². The van der Waals surface area contributed by atoms with E-state index in [0.29, 0.717) is 11.1 Å². The quantitative estimate of drug-likeness (QED) is 0.138. The Labute approximate surface area is 338 Å². The van der Waals surface area contributed by atoms with Crippen molar-refractivity contribution in [3.63, 3.8) is 0 Å². The molecule has 58 heavy (non-hydrogen) atoms. The molecule has 1 amide bonds. The van der Waals surface area contributed by atoms with Crippen LogP contribution in [0.25, 0.3) is 0 Å². The number of alkyl carbamates (subject to hydrolysis) is 1. The lowest BCUT2D eigenvalue weighted by atomic mass is 9.48. The summed E-state index contributed by atoms with van der Waals surface area (Å²) in [5, 5.41) is 52.0. The zero-order chi connectivity index (χ0) is 42.6. The third-order valence-corrected chi connectivity index (χ3v) is 12.9. The Hall–Kier alpha value is -4.18. The van der Waals surface area contributed by atoms with Gasteiger partial charge in [0.2, 0.25) is 0 Å². The average Bonchev–Trinajstić information content (AvgIpc) is 3.14. The van der Waals surface area contributed by atoms with Gasteiger partial charge in [-0.05, 0) is 63.5 Å². The Morgan fingerprint density at radius 3 is 2.19 bits per heavy atom. The fourth-order valence-corrected chi connectivity index (χ4v) is 9.87. The van der Waals surface area contributed by atoms with Gasteiger partial charge in [-0.25, -0.2) is 9.59 Å². The number of fused-ring (bicyclic) bond motifs is 5. The van der Waals surface area contributed by atoms with E-state index in [1.807, 2.05) is 0 Å². The molecule has 11 atom stereocenters. The number of ether oxygens (including phenoxy) is 5. The van der Waals surface area contributed by atoms with E-state index < -0.39 is 113 Å². The van der Waals surface area contributed by atoms with Gasteiger partial charge in [-0.1, -0.05) is 62.4 Å². The maximum Gasteiger partial charge on any atom is 0.408 e. The minimum Gasteiger partial charge on any atom is -0.455 e. The number of esters is 2. The summed E-state index contributed by atoms with van der Waals surface area (Å²) in [6, 6.07) is 15.8. The van der Waals surface area contributed by atoms with E-state index in [1.165, 1.54) is 26.0 Å². The zero-order valence-corrected chi connectivity index (χ0v) is 34.4. The number of amides is 1. The molecule has 4 aliphatic rings. The molecule has 2 aromatic carbocycles. The molecular formula is C44H57NO13. The zero-order valence-electron chi connectivity index (χ0n) is 34.4. The van der Waals surface area contributed by atoms with E-state index in [2.05, 4.69) is 5.32 Å². The SMILES string of the molecule is CC(=O)O[C@@]12CO[C@@H]1C[C@H](O)[C@@]1(C)C(=O)C[C@H](O)C3=C(C)[C@@H](OC[C@H](O)[C@@H](NC(=O)OC(C)(C)C)c4ccccc4)C[C@@](O)([C@@H](OC(=O)c4ccccc4)[C@H]21)C3(C)C. The number of benzene rings is 2. The highest BCUT2D eigenvalue weighted by atomic mass is 16.6. The number of carbonyl (C=O) groups is 4. The summed E-state index contributed by atoms with van der Waals surface area (Å²) in [7, 11) is 0. The summed E-state index contributed by atoms with van der Waals surface area (Å²) >= 11 is 0. The summed E-state index contributed by atoms with van der Waals surface area (Å²) in [5.74, 6) is -3.53. The lowest BCUT2D eigenvalue weighted by Crippen LogP contribution is -2.79. The van der Waals surface area contributed by atoms with Gasteiger partial charge in [0.1, 0.15) is 35.3 Å². The van der Waals surface area contributed by atoms with Crippen molar-refractivity contribution in [1.29, 1.82) is 0 Å². The first-order valence-electron chi connectivity index (χ1n) is 19.8. The van der Waals surface area contributed by atoms with Gasteiger partial charge < -0.3 is 49.4 Å². The summed E-state index contributed by atoms with van der Waals surface area (Å²) in [4.78, 5) is 54.8. The number of ketones is 1. The van der Waals surface area contributed by atoms with Crippen LogP contribution in [0.15, 0.2) is 71.8 Å². The Kier molecular flexibility index (Phi) is 11.8. The highest BCUT2D eigenvalue weighted by molar-refractivity contribution is 5.90. The van der Waals surface area contributed by atoms with Crippen molar-refractivity contribution >= 4 is 23.8 Å². The van der Waals surface area contributed by atoms with Crippen molar-refractivity contribution in [1.82, 2.24) is 5.32 Å². The number of carbonyl (C=O) groups excluding carboxylic acids is 4.